The molecule has 1 N–H and O–H groups in total. The molecule has 0 aliphatic carbocycles. The summed E-state index contributed by atoms with van der Waals surface area (Å²) in [4.78, 5) is 0. The summed E-state index contributed by atoms with van der Waals surface area (Å²) >= 11 is 0. The van der Waals surface area contributed by atoms with Crippen molar-refractivity contribution in [2.24, 2.45) is 17.8 Å². The molecular weight excluding hydrogens is 122 g/mol. The topological polar surface area (TPSA) is 12.0 Å². The zero-order chi connectivity index (χ0) is 7.56. The van der Waals surface area contributed by atoms with Crippen molar-refractivity contribution in [2.45, 2.75) is 27.2 Å². The van der Waals surface area contributed by atoms with Crippen molar-refractivity contribution >= 4 is 0 Å². The fraction of sp³-hybridized carbons (Fsp3) is 1.00. The van der Waals surface area contributed by atoms with Crippen LogP contribution in [-0.4, -0.2) is 13.1 Å². The van der Waals surface area contributed by atoms with Gasteiger partial charge in [0.25, 0.3) is 0 Å². The zero-order valence-corrected chi connectivity index (χ0v) is 7.35. The van der Waals surface area contributed by atoms with Gasteiger partial charge in [-0.25, -0.2) is 0 Å². The molecular formula is C9H19N. The average molecular weight is 141 g/mol. The highest BCUT2D eigenvalue weighted by atomic mass is 14.9. The Balaban J connectivity index is 2.32. The molecule has 60 valence electrons. The van der Waals surface area contributed by atoms with Crippen LogP contribution in [-0.2, 0) is 0 Å². The van der Waals surface area contributed by atoms with E-state index in [-0.39, 0.29) is 0 Å². The molecule has 10 heavy (non-hydrogen) atoms. The summed E-state index contributed by atoms with van der Waals surface area (Å²) in [5, 5.41) is 3.47. The predicted molar refractivity (Wildman–Crippen MR) is 45.0 cm³/mol. The molecule has 0 aromatic carbocycles. The van der Waals surface area contributed by atoms with Gasteiger partial charge in [-0.05, 0) is 37.3 Å². The standard InChI is InChI=1S/C9H19N/c1-7(2)9-4-8(3)5-10-6-9/h7-10H,4-6H2,1-3H3. The maximum absolute atomic E-state index is 3.47. The summed E-state index contributed by atoms with van der Waals surface area (Å²) in [5.74, 6) is 2.67. The highest BCUT2D eigenvalue weighted by Crippen LogP contribution is 2.22. The van der Waals surface area contributed by atoms with Crippen LogP contribution in [0.1, 0.15) is 27.2 Å². The summed E-state index contributed by atoms with van der Waals surface area (Å²) in [6, 6.07) is 0. The Hall–Kier alpha value is -0.0400. The summed E-state index contributed by atoms with van der Waals surface area (Å²) in [6.45, 7) is 9.45. The minimum absolute atomic E-state index is 0.857. The fourth-order valence-corrected chi connectivity index (χ4v) is 1.71. The second-order valence-corrected chi connectivity index (χ2v) is 4.00. The van der Waals surface area contributed by atoms with E-state index >= 15 is 0 Å². The first-order chi connectivity index (χ1) is 4.70. The van der Waals surface area contributed by atoms with Gasteiger partial charge in [0.2, 0.25) is 0 Å². The van der Waals surface area contributed by atoms with Crippen molar-refractivity contribution in [3.05, 3.63) is 0 Å². The zero-order valence-electron chi connectivity index (χ0n) is 7.35. The van der Waals surface area contributed by atoms with E-state index in [2.05, 4.69) is 26.1 Å². The van der Waals surface area contributed by atoms with Gasteiger partial charge in [-0.1, -0.05) is 20.8 Å². The van der Waals surface area contributed by atoms with E-state index < -0.39 is 0 Å². The van der Waals surface area contributed by atoms with E-state index in [4.69, 9.17) is 0 Å². The predicted octanol–water partition coefficient (Wildman–Crippen LogP) is 1.89. The molecule has 2 atom stereocenters. The second kappa shape index (κ2) is 3.38. The number of hydrogen-bond donors (Lipinski definition) is 1. The van der Waals surface area contributed by atoms with Crippen LogP contribution in [0.25, 0.3) is 0 Å². The first-order valence-corrected chi connectivity index (χ1v) is 4.41. The molecule has 1 heterocycles. The van der Waals surface area contributed by atoms with E-state index in [0.29, 0.717) is 0 Å². The van der Waals surface area contributed by atoms with Gasteiger partial charge in [-0.3, -0.25) is 0 Å². The van der Waals surface area contributed by atoms with Crippen molar-refractivity contribution in [2.75, 3.05) is 13.1 Å². The molecule has 1 rings (SSSR count). The lowest BCUT2D eigenvalue weighted by atomic mass is 9.84. The van der Waals surface area contributed by atoms with Crippen molar-refractivity contribution in [1.82, 2.24) is 5.32 Å². The molecule has 0 radical (unpaired) electrons. The Kier molecular flexibility index (Phi) is 2.72. The monoisotopic (exact) mass is 141 g/mol. The van der Waals surface area contributed by atoms with E-state index in [1.807, 2.05) is 0 Å². The molecule has 0 bridgehead atoms. The second-order valence-electron chi connectivity index (χ2n) is 4.00. The Morgan fingerprint density at radius 1 is 1.30 bits per heavy atom. The first-order valence-electron chi connectivity index (χ1n) is 4.41. The maximum atomic E-state index is 3.47. The van der Waals surface area contributed by atoms with Gasteiger partial charge in [0.1, 0.15) is 0 Å². The Labute approximate surface area is 64.2 Å². The lowest BCUT2D eigenvalue weighted by Gasteiger charge is -2.30. The fourth-order valence-electron chi connectivity index (χ4n) is 1.71. The maximum Gasteiger partial charge on any atom is -0.00178 e. The first kappa shape index (κ1) is 8.06. The molecule has 2 unspecified atom stereocenters. The van der Waals surface area contributed by atoms with Crippen LogP contribution in [0, 0.1) is 17.8 Å². The normalized spacial score (nSPS) is 34.8. The summed E-state index contributed by atoms with van der Waals surface area (Å²) in [6.07, 6.45) is 1.42. The van der Waals surface area contributed by atoms with E-state index in [1.165, 1.54) is 19.5 Å². The minimum Gasteiger partial charge on any atom is -0.316 e. The number of nitrogens with one attached hydrogen (secondary N) is 1. The third-order valence-electron chi connectivity index (χ3n) is 2.55. The van der Waals surface area contributed by atoms with E-state index in [1.54, 1.807) is 0 Å². The van der Waals surface area contributed by atoms with E-state index in [9.17, 15) is 0 Å². The molecule has 1 heteroatoms. The van der Waals surface area contributed by atoms with Crippen LogP contribution >= 0.6 is 0 Å². The molecule has 0 amide bonds. The average Bonchev–Trinajstić information content (AvgIpc) is 1.88. The lowest BCUT2D eigenvalue weighted by molar-refractivity contribution is 0.244. The highest BCUT2D eigenvalue weighted by molar-refractivity contribution is 4.75. The highest BCUT2D eigenvalue weighted by Gasteiger charge is 2.20. The molecule has 0 saturated carbocycles. The molecule has 0 aromatic heterocycles. The number of hydrogen-bond acceptors (Lipinski definition) is 1. The van der Waals surface area contributed by atoms with Crippen molar-refractivity contribution < 1.29 is 0 Å². The molecule has 1 nitrogen and oxygen atoms in total. The van der Waals surface area contributed by atoms with Gasteiger partial charge in [0, 0.05) is 0 Å². The molecule has 0 aromatic rings. The van der Waals surface area contributed by atoms with Gasteiger partial charge < -0.3 is 5.32 Å². The van der Waals surface area contributed by atoms with Crippen LogP contribution < -0.4 is 5.32 Å². The Bertz CT molecular complexity index is 98.9. The smallest absolute Gasteiger partial charge is 0.00178 e. The van der Waals surface area contributed by atoms with E-state index in [0.717, 1.165) is 17.8 Å². The van der Waals surface area contributed by atoms with Crippen LogP contribution in [0.3, 0.4) is 0 Å². The van der Waals surface area contributed by atoms with Crippen LogP contribution in [0.4, 0.5) is 0 Å². The third kappa shape index (κ3) is 1.98. The van der Waals surface area contributed by atoms with Gasteiger partial charge in [-0.2, -0.15) is 0 Å². The van der Waals surface area contributed by atoms with Crippen molar-refractivity contribution in [3.63, 3.8) is 0 Å². The third-order valence-corrected chi connectivity index (χ3v) is 2.55. The summed E-state index contributed by atoms with van der Waals surface area (Å²) in [5.41, 5.74) is 0. The van der Waals surface area contributed by atoms with Gasteiger partial charge in [0.05, 0.1) is 0 Å². The molecule has 1 aliphatic rings. The minimum atomic E-state index is 0.857. The van der Waals surface area contributed by atoms with Crippen LogP contribution in [0.2, 0.25) is 0 Å². The lowest BCUT2D eigenvalue weighted by Crippen LogP contribution is -2.37. The molecule has 1 saturated heterocycles. The molecule has 1 fully saturated rings. The SMILES string of the molecule is CC1CNCC(C(C)C)C1. The van der Waals surface area contributed by atoms with Crippen LogP contribution in [0.5, 0.6) is 0 Å². The Morgan fingerprint density at radius 2 is 2.00 bits per heavy atom. The van der Waals surface area contributed by atoms with Crippen molar-refractivity contribution in [1.29, 1.82) is 0 Å². The largest absolute Gasteiger partial charge is 0.316 e. The van der Waals surface area contributed by atoms with Crippen LogP contribution in [0.15, 0.2) is 0 Å². The summed E-state index contributed by atoms with van der Waals surface area (Å²) < 4.78 is 0. The van der Waals surface area contributed by atoms with Crippen molar-refractivity contribution in [3.8, 4) is 0 Å². The number of rotatable bonds is 1. The van der Waals surface area contributed by atoms with Gasteiger partial charge >= 0.3 is 0 Å². The molecule has 1 aliphatic heterocycles. The van der Waals surface area contributed by atoms with Gasteiger partial charge in [0.15, 0.2) is 0 Å². The summed E-state index contributed by atoms with van der Waals surface area (Å²) in [7, 11) is 0. The Morgan fingerprint density at radius 3 is 2.40 bits per heavy atom. The number of piperidine rings is 1. The van der Waals surface area contributed by atoms with Gasteiger partial charge in [-0.15, -0.1) is 0 Å². The quantitative estimate of drug-likeness (QED) is 0.588. The molecule has 0 spiro atoms.